The van der Waals surface area contributed by atoms with Gasteiger partial charge in [0, 0.05) is 13.1 Å². The number of hydrogen-bond donors (Lipinski definition) is 2. The molecule has 1 amide bonds. The Bertz CT molecular complexity index is 255. The molecule has 0 radical (unpaired) electrons. The van der Waals surface area contributed by atoms with Crippen LogP contribution in [0.5, 0.6) is 0 Å². The fraction of sp³-hybridized carbons (Fsp3) is 0.600. The third-order valence-electron chi connectivity index (χ3n) is 1.84. The summed E-state index contributed by atoms with van der Waals surface area (Å²) >= 11 is 0. The van der Waals surface area contributed by atoms with Crippen molar-refractivity contribution in [3.63, 3.8) is 0 Å². The third kappa shape index (κ3) is 4.41. The van der Waals surface area contributed by atoms with Crippen LogP contribution in [-0.4, -0.2) is 54.2 Å². The highest BCUT2D eigenvalue weighted by molar-refractivity contribution is 6.01. The second kappa shape index (κ2) is 7.84. The predicted molar refractivity (Wildman–Crippen MR) is 58.5 cm³/mol. The molecule has 0 fully saturated rings. The molecule has 0 aromatic carbocycles. The average molecular weight is 230 g/mol. The summed E-state index contributed by atoms with van der Waals surface area (Å²) in [5, 5.41) is 8.75. The first-order valence-electron chi connectivity index (χ1n) is 5.01. The zero-order valence-electron chi connectivity index (χ0n) is 9.39. The van der Waals surface area contributed by atoms with E-state index in [0.29, 0.717) is 0 Å². The molecule has 1 unspecified atom stereocenters. The fourth-order valence-electron chi connectivity index (χ4n) is 1.10. The van der Waals surface area contributed by atoms with Gasteiger partial charge in [-0.1, -0.05) is 6.08 Å². The summed E-state index contributed by atoms with van der Waals surface area (Å²) in [5.41, 5.74) is 5.43. The van der Waals surface area contributed by atoms with Crippen LogP contribution in [0.15, 0.2) is 12.7 Å². The molecule has 3 N–H and O–H groups in total. The maximum atomic E-state index is 11.7. The van der Waals surface area contributed by atoms with Crippen molar-refractivity contribution in [3.8, 4) is 0 Å². The fourth-order valence-corrected chi connectivity index (χ4v) is 1.10. The number of nitrogens with two attached hydrogens (primary N) is 1. The van der Waals surface area contributed by atoms with Crippen molar-refractivity contribution < 1.29 is 19.4 Å². The van der Waals surface area contributed by atoms with Gasteiger partial charge in [-0.05, 0) is 6.92 Å². The highest BCUT2D eigenvalue weighted by Gasteiger charge is 2.27. The first-order valence-corrected chi connectivity index (χ1v) is 5.01. The van der Waals surface area contributed by atoms with E-state index < -0.39 is 17.9 Å². The summed E-state index contributed by atoms with van der Waals surface area (Å²) in [5.74, 6) is -1.34. The van der Waals surface area contributed by atoms with Gasteiger partial charge in [0.05, 0.1) is 13.2 Å². The molecule has 0 bridgehead atoms. The van der Waals surface area contributed by atoms with Crippen molar-refractivity contribution in [2.75, 3.05) is 26.3 Å². The van der Waals surface area contributed by atoms with Crippen molar-refractivity contribution in [1.82, 2.24) is 4.90 Å². The van der Waals surface area contributed by atoms with Crippen LogP contribution in [0, 0.1) is 0 Å². The molecule has 6 nitrogen and oxygen atoms in total. The van der Waals surface area contributed by atoms with Gasteiger partial charge < -0.3 is 20.5 Å². The van der Waals surface area contributed by atoms with E-state index in [2.05, 4.69) is 11.3 Å². The molecule has 0 rings (SSSR count). The van der Waals surface area contributed by atoms with Gasteiger partial charge in [-0.15, -0.1) is 6.58 Å². The molecule has 6 heteroatoms. The van der Waals surface area contributed by atoms with E-state index in [0.717, 1.165) is 0 Å². The molecule has 92 valence electrons. The Hall–Kier alpha value is -1.40. The van der Waals surface area contributed by atoms with Crippen LogP contribution < -0.4 is 5.73 Å². The normalized spacial score (nSPS) is 11.7. The summed E-state index contributed by atoms with van der Waals surface area (Å²) in [6.45, 7) is 5.41. The lowest BCUT2D eigenvalue weighted by Gasteiger charge is -2.22. The number of rotatable bonds is 7. The molecule has 0 heterocycles. The van der Waals surface area contributed by atoms with Gasteiger partial charge in [0.2, 0.25) is 0 Å². The summed E-state index contributed by atoms with van der Waals surface area (Å²) in [6, 6.07) is -1.34. The zero-order chi connectivity index (χ0) is 12.6. The minimum absolute atomic E-state index is 0.109. The van der Waals surface area contributed by atoms with Gasteiger partial charge in [-0.2, -0.15) is 0 Å². The van der Waals surface area contributed by atoms with Crippen molar-refractivity contribution in [3.05, 3.63) is 12.7 Å². The number of aliphatic hydroxyl groups excluding tert-OH is 1. The Morgan fingerprint density at radius 2 is 2.25 bits per heavy atom. The molecule has 0 aliphatic carbocycles. The van der Waals surface area contributed by atoms with Crippen LogP contribution in [0.4, 0.5) is 0 Å². The van der Waals surface area contributed by atoms with Crippen molar-refractivity contribution >= 4 is 11.9 Å². The highest BCUT2D eigenvalue weighted by Crippen LogP contribution is 1.96. The van der Waals surface area contributed by atoms with Gasteiger partial charge >= 0.3 is 5.97 Å². The topological polar surface area (TPSA) is 92.9 Å². The Balaban J connectivity index is 4.46. The van der Waals surface area contributed by atoms with E-state index in [1.54, 1.807) is 6.92 Å². The lowest BCUT2D eigenvalue weighted by molar-refractivity contribution is -0.150. The molecule has 0 aromatic rings. The molecule has 16 heavy (non-hydrogen) atoms. The van der Waals surface area contributed by atoms with Gasteiger partial charge in [-0.25, -0.2) is 4.79 Å². The monoisotopic (exact) mass is 230 g/mol. The van der Waals surface area contributed by atoms with E-state index in [-0.39, 0.29) is 26.3 Å². The van der Waals surface area contributed by atoms with Crippen LogP contribution in [0.1, 0.15) is 6.92 Å². The number of carbonyl (C=O) groups is 2. The number of esters is 1. The smallest absolute Gasteiger partial charge is 0.332 e. The molecular formula is C10H18N2O4. The van der Waals surface area contributed by atoms with Crippen molar-refractivity contribution in [2.45, 2.75) is 13.0 Å². The van der Waals surface area contributed by atoms with Gasteiger partial charge in [0.1, 0.15) is 0 Å². The number of amides is 1. The molecular weight excluding hydrogens is 212 g/mol. The molecule has 0 aliphatic rings. The van der Waals surface area contributed by atoms with Gasteiger partial charge in [-0.3, -0.25) is 4.79 Å². The van der Waals surface area contributed by atoms with E-state index in [1.165, 1.54) is 11.0 Å². The van der Waals surface area contributed by atoms with Gasteiger partial charge in [0.25, 0.3) is 5.91 Å². The second-order valence-corrected chi connectivity index (χ2v) is 3.03. The van der Waals surface area contributed by atoms with Crippen molar-refractivity contribution in [1.29, 1.82) is 0 Å². The molecule has 0 saturated heterocycles. The summed E-state index contributed by atoms with van der Waals surface area (Å²) < 4.78 is 4.63. The molecule has 0 aromatic heterocycles. The van der Waals surface area contributed by atoms with Crippen LogP contribution in [0.25, 0.3) is 0 Å². The van der Waals surface area contributed by atoms with Crippen LogP contribution >= 0.6 is 0 Å². The molecule has 0 saturated carbocycles. The predicted octanol–water partition coefficient (Wildman–Crippen LogP) is -1.12. The lowest BCUT2D eigenvalue weighted by atomic mass is 10.2. The maximum Gasteiger partial charge on any atom is 0.332 e. The Kier molecular flexibility index (Phi) is 7.15. The number of nitrogens with zero attached hydrogens (tertiary/aromatic N) is 1. The number of ether oxygens (including phenoxy) is 1. The maximum absolute atomic E-state index is 11.7. The lowest BCUT2D eigenvalue weighted by Crippen LogP contribution is -2.49. The summed E-state index contributed by atoms with van der Waals surface area (Å²) in [4.78, 5) is 24.1. The van der Waals surface area contributed by atoms with Crippen molar-refractivity contribution in [2.24, 2.45) is 5.73 Å². The molecule has 0 spiro atoms. The Morgan fingerprint density at radius 3 is 2.69 bits per heavy atom. The third-order valence-corrected chi connectivity index (χ3v) is 1.84. The van der Waals surface area contributed by atoms with E-state index in [4.69, 9.17) is 10.8 Å². The molecule has 0 aliphatic heterocycles. The van der Waals surface area contributed by atoms with Crippen LogP contribution in [0.2, 0.25) is 0 Å². The van der Waals surface area contributed by atoms with E-state index in [1.807, 2.05) is 0 Å². The van der Waals surface area contributed by atoms with Crippen LogP contribution in [-0.2, 0) is 14.3 Å². The first kappa shape index (κ1) is 14.6. The summed E-state index contributed by atoms with van der Waals surface area (Å²) in [6.07, 6.45) is 1.49. The minimum Gasteiger partial charge on any atom is -0.464 e. The molecule has 1 atom stereocenters. The van der Waals surface area contributed by atoms with Gasteiger partial charge in [0.15, 0.2) is 6.04 Å². The minimum atomic E-state index is -1.34. The standard InChI is InChI=1S/C10H18N2O4/c1-3-5-12(6-7-13)9(14)8(11)10(15)16-4-2/h3,8,13H,1,4-7,11H2,2H3. The zero-order valence-corrected chi connectivity index (χ0v) is 9.39. The quantitative estimate of drug-likeness (QED) is 0.328. The Morgan fingerprint density at radius 1 is 1.62 bits per heavy atom. The summed E-state index contributed by atoms with van der Waals surface area (Å²) in [7, 11) is 0. The number of carbonyl (C=O) groups excluding carboxylic acids is 2. The second-order valence-electron chi connectivity index (χ2n) is 3.03. The number of aliphatic hydroxyl groups is 1. The van der Waals surface area contributed by atoms with E-state index >= 15 is 0 Å². The van der Waals surface area contributed by atoms with Crippen LogP contribution in [0.3, 0.4) is 0 Å². The van der Waals surface area contributed by atoms with E-state index in [9.17, 15) is 9.59 Å². The average Bonchev–Trinajstić information content (AvgIpc) is 2.27. The SMILES string of the molecule is C=CCN(CCO)C(=O)C(N)C(=O)OCC. The number of hydrogen-bond acceptors (Lipinski definition) is 5. The largest absolute Gasteiger partial charge is 0.464 e. The first-order chi connectivity index (χ1) is 7.58. The Labute approximate surface area is 94.7 Å². The highest BCUT2D eigenvalue weighted by atomic mass is 16.5.